The van der Waals surface area contributed by atoms with Crippen molar-refractivity contribution in [2.45, 2.75) is 20.4 Å². The van der Waals surface area contributed by atoms with Crippen LogP contribution in [0.1, 0.15) is 17.0 Å². The van der Waals surface area contributed by atoms with Crippen molar-refractivity contribution in [3.05, 3.63) is 41.5 Å². The molecule has 0 aliphatic carbocycles. The Bertz CT molecular complexity index is 519. The molecule has 5 nitrogen and oxygen atoms in total. The molecule has 0 saturated carbocycles. The molecule has 0 unspecified atom stereocenters. The second-order valence-electron chi connectivity index (χ2n) is 4.56. The quantitative estimate of drug-likeness (QED) is 0.807. The molecule has 2 rings (SSSR count). The van der Waals surface area contributed by atoms with Crippen molar-refractivity contribution in [1.29, 1.82) is 0 Å². The van der Waals surface area contributed by atoms with Crippen LogP contribution in [0.4, 0.5) is 5.95 Å². The van der Waals surface area contributed by atoms with Crippen LogP contribution in [0, 0.1) is 13.8 Å². The van der Waals surface area contributed by atoms with Gasteiger partial charge in [0.2, 0.25) is 5.95 Å². The first-order chi connectivity index (χ1) is 9.19. The maximum absolute atomic E-state index is 5.03. The predicted molar refractivity (Wildman–Crippen MR) is 75.4 cm³/mol. The van der Waals surface area contributed by atoms with E-state index < -0.39 is 0 Å². The van der Waals surface area contributed by atoms with Gasteiger partial charge < -0.3 is 14.6 Å². The predicted octanol–water partition coefficient (Wildman–Crippen LogP) is 2.00. The molecule has 5 heteroatoms. The van der Waals surface area contributed by atoms with Gasteiger partial charge in [-0.25, -0.2) is 4.98 Å². The van der Waals surface area contributed by atoms with E-state index >= 15 is 0 Å². The van der Waals surface area contributed by atoms with E-state index in [1.807, 2.05) is 32.3 Å². The summed E-state index contributed by atoms with van der Waals surface area (Å²) < 4.78 is 7.13. The summed E-state index contributed by atoms with van der Waals surface area (Å²) >= 11 is 0. The van der Waals surface area contributed by atoms with E-state index in [2.05, 4.69) is 25.9 Å². The first-order valence-electron chi connectivity index (χ1n) is 6.37. The van der Waals surface area contributed by atoms with Crippen molar-refractivity contribution in [3.63, 3.8) is 0 Å². The van der Waals surface area contributed by atoms with Crippen molar-refractivity contribution in [2.24, 2.45) is 0 Å². The van der Waals surface area contributed by atoms with Gasteiger partial charge in [0, 0.05) is 31.7 Å². The second-order valence-corrected chi connectivity index (χ2v) is 4.56. The zero-order valence-electron chi connectivity index (χ0n) is 11.7. The normalized spacial score (nSPS) is 10.7. The van der Waals surface area contributed by atoms with E-state index in [1.54, 1.807) is 7.11 Å². The number of hydrogen-bond acceptors (Lipinski definition) is 4. The van der Waals surface area contributed by atoms with E-state index in [0.717, 1.165) is 36.0 Å². The molecular formula is C14H20N4O. The standard InChI is InChI=1S/C14H20N4O/c1-11-4-5-13(8-16-11)10-18-9-12(2)17-14(18)15-6-7-19-3/h4-5,8-9H,6-7,10H2,1-3H3,(H,15,17). The maximum Gasteiger partial charge on any atom is 0.203 e. The van der Waals surface area contributed by atoms with Crippen molar-refractivity contribution in [1.82, 2.24) is 14.5 Å². The number of nitrogens with one attached hydrogen (secondary N) is 1. The lowest BCUT2D eigenvalue weighted by molar-refractivity contribution is 0.210. The van der Waals surface area contributed by atoms with Crippen LogP contribution >= 0.6 is 0 Å². The van der Waals surface area contributed by atoms with E-state index in [9.17, 15) is 0 Å². The van der Waals surface area contributed by atoms with Gasteiger partial charge in [0.25, 0.3) is 0 Å². The Kier molecular flexibility index (Phi) is 4.52. The van der Waals surface area contributed by atoms with Crippen molar-refractivity contribution >= 4 is 5.95 Å². The average molecular weight is 260 g/mol. The highest BCUT2D eigenvalue weighted by Gasteiger charge is 2.05. The van der Waals surface area contributed by atoms with Crippen LogP contribution in [-0.4, -0.2) is 34.8 Å². The van der Waals surface area contributed by atoms with Gasteiger partial charge in [0.15, 0.2) is 0 Å². The van der Waals surface area contributed by atoms with Crippen molar-refractivity contribution < 1.29 is 4.74 Å². The van der Waals surface area contributed by atoms with Crippen LogP contribution in [0.25, 0.3) is 0 Å². The molecular weight excluding hydrogens is 240 g/mol. The molecule has 0 bridgehead atoms. The molecule has 0 spiro atoms. The fourth-order valence-electron chi connectivity index (χ4n) is 1.86. The number of ether oxygens (including phenoxy) is 1. The number of hydrogen-bond donors (Lipinski definition) is 1. The topological polar surface area (TPSA) is 52.0 Å². The molecule has 0 radical (unpaired) electrons. The Morgan fingerprint density at radius 1 is 1.26 bits per heavy atom. The number of nitrogens with zero attached hydrogens (tertiary/aromatic N) is 3. The Balaban J connectivity index is 2.08. The molecule has 2 aromatic rings. The molecule has 19 heavy (non-hydrogen) atoms. The van der Waals surface area contributed by atoms with Gasteiger partial charge in [0.1, 0.15) is 0 Å². The molecule has 102 valence electrons. The molecule has 2 aromatic heterocycles. The number of imidazole rings is 1. The highest BCUT2D eigenvalue weighted by Crippen LogP contribution is 2.11. The highest BCUT2D eigenvalue weighted by atomic mass is 16.5. The number of aryl methyl sites for hydroxylation is 2. The smallest absolute Gasteiger partial charge is 0.203 e. The number of methoxy groups -OCH3 is 1. The SMILES string of the molecule is COCCNc1nc(C)cn1Cc1ccc(C)nc1. The Morgan fingerprint density at radius 3 is 2.79 bits per heavy atom. The van der Waals surface area contributed by atoms with Gasteiger partial charge in [-0.3, -0.25) is 4.98 Å². The van der Waals surface area contributed by atoms with Gasteiger partial charge in [-0.2, -0.15) is 0 Å². The minimum atomic E-state index is 0.665. The van der Waals surface area contributed by atoms with Crippen molar-refractivity contribution in [3.8, 4) is 0 Å². The van der Waals surface area contributed by atoms with Gasteiger partial charge in [0.05, 0.1) is 18.8 Å². The number of aromatic nitrogens is 3. The van der Waals surface area contributed by atoms with Crippen LogP contribution in [-0.2, 0) is 11.3 Å². The zero-order valence-corrected chi connectivity index (χ0v) is 11.7. The summed E-state index contributed by atoms with van der Waals surface area (Å²) in [7, 11) is 1.69. The van der Waals surface area contributed by atoms with Gasteiger partial charge in [-0.15, -0.1) is 0 Å². The number of pyridine rings is 1. The van der Waals surface area contributed by atoms with Gasteiger partial charge >= 0.3 is 0 Å². The molecule has 0 aromatic carbocycles. The van der Waals surface area contributed by atoms with Crippen LogP contribution in [0.15, 0.2) is 24.5 Å². The summed E-state index contributed by atoms with van der Waals surface area (Å²) in [5.41, 5.74) is 3.20. The van der Waals surface area contributed by atoms with E-state index in [1.165, 1.54) is 0 Å². The molecule has 0 aliphatic heterocycles. The lowest BCUT2D eigenvalue weighted by Gasteiger charge is -2.09. The lowest BCUT2D eigenvalue weighted by atomic mass is 10.2. The molecule has 0 saturated heterocycles. The van der Waals surface area contributed by atoms with Crippen LogP contribution in [0.2, 0.25) is 0 Å². The summed E-state index contributed by atoms with van der Waals surface area (Å²) in [5, 5.41) is 3.27. The Morgan fingerprint density at radius 2 is 2.11 bits per heavy atom. The van der Waals surface area contributed by atoms with Crippen LogP contribution < -0.4 is 5.32 Å². The fourth-order valence-corrected chi connectivity index (χ4v) is 1.86. The summed E-state index contributed by atoms with van der Waals surface area (Å²) in [6.45, 7) is 6.16. The van der Waals surface area contributed by atoms with E-state index in [-0.39, 0.29) is 0 Å². The minimum absolute atomic E-state index is 0.665. The third-order valence-electron chi connectivity index (χ3n) is 2.81. The third kappa shape index (κ3) is 3.79. The number of rotatable bonds is 6. The summed E-state index contributed by atoms with van der Waals surface area (Å²) in [5.74, 6) is 0.870. The zero-order chi connectivity index (χ0) is 13.7. The molecule has 1 N–H and O–H groups in total. The Hall–Kier alpha value is -1.88. The Labute approximate surface area is 113 Å². The third-order valence-corrected chi connectivity index (χ3v) is 2.81. The summed E-state index contributed by atoms with van der Waals surface area (Å²) in [6.07, 6.45) is 3.94. The lowest BCUT2D eigenvalue weighted by Crippen LogP contribution is -2.12. The second kappa shape index (κ2) is 6.33. The molecule has 0 atom stereocenters. The van der Waals surface area contributed by atoms with Crippen LogP contribution in [0.3, 0.4) is 0 Å². The largest absolute Gasteiger partial charge is 0.383 e. The molecule has 2 heterocycles. The molecule has 0 amide bonds. The van der Waals surface area contributed by atoms with Crippen LogP contribution in [0.5, 0.6) is 0 Å². The van der Waals surface area contributed by atoms with E-state index in [0.29, 0.717) is 6.61 Å². The first-order valence-corrected chi connectivity index (χ1v) is 6.37. The maximum atomic E-state index is 5.03. The van der Waals surface area contributed by atoms with Crippen molar-refractivity contribution in [2.75, 3.05) is 25.6 Å². The summed E-state index contributed by atoms with van der Waals surface area (Å²) in [6, 6.07) is 4.12. The minimum Gasteiger partial charge on any atom is -0.383 e. The fraction of sp³-hybridized carbons (Fsp3) is 0.429. The molecule has 0 aliphatic rings. The average Bonchev–Trinajstić information content (AvgIpc) is 2.73. The molecule has 0 fully saturated rings. The highest BCUT2D eigenvalue weighted by molar-refractivity contribution is 5.30. The van der Waals surface area contributed by atoms with Gasteiger partial charge in [-0.1, -0.05) is 6.07 Å². The monoisotopic (exact) mass is 260 g/mol. The number of anilines is 1. The first kappa shape index (κ1) is 13.5. The van der Waals surface area contributed by atoms with E-state index in [4.69, 9.17) is 4.74 Å². The summed E-state index contributed by atoms with van der Waals surface area (Å²) in [4.78, 5) is 8.79. The van der Waals surface area contributed by atoms with Gasteiger partial charge in [-0.05, 0) is 25.5 Å².